The van der Waals surface area contributed by atoms with Crippen LogP contribution in [0.5, 0.6) is 0 Å². The van der Waals surface area contributed by atoms with Gasteiger partial charge >= 0.3 is 12.1 Å². The van der Waals surface area contributed by atoms with Crippen LogP contribution >= 0.6 is 0 Å². The Bertz CT molecular complexity index is 341. The number of hydrogen-bond donors (Lipinski definition) is 4. The SMILES string of the molecule is CC(C)NC(=O)NCCCC[CH]C(C)(C)NC(=O)NC(C)C. The van der Waals surface area contributed by atoms with Crippen LogP contribution in [0, 0.1) is 6.42 Å². The average molecular weight is 313 g/mol. The highest BCUT2D eigenvalue weighted by Crippen LogP contribution is 2.12. The number of urea groups is 2. The van der Waals surface area contributed by atoms with E-state index in [1.807, 2.05) is 41.5 Å². The molecule has 0 saturated carbocycles. The summed E-state index contributed by atoms with van der Waals surface area (Å²) in [4.78, 5) is 23.0. The molecule has 0 aliphatic rings. The zero-order chi connectivity index (χ0) is 17.2. The van der Waals surface area contributed by atoms with E-state index in [1.54, 1.807) is 0 Å². The van der Waals surface area contributed by atoms with Crippen LogP contribution in [0.25, 0.3) is 0 Å². The van der Waals surface area contributed by atoms with Crippen molar-refractivity contribution in [1.29, 1.82) is 0 Å². The predicted octanol–water partition coefficient (Wildman–Crippen LogP) is 2.55. The van der Waals surface area contributed by atoms with E-state index < -0.39 is 0 Å². The lowest BCUT2D eigenvalue weighted by atomic mass is 9.97. The van der Waals surface area contributed by atoms with E-state index in [1.165, 1.54) is 0 Å². The minimum atomic E-state index is -0.346. The third kappa shape index (κ3) is 12.3. The van der Waals surface area contributed by atoms with E-state index in [0.717, 1.165) is 19.3 Å². The van der Waals surface area contributed by atoms with Gasteiger partial charge in [-0.3, -0.25) is 0 Å². The van der Waals surface area contributed by atoms with Crippen LogP contribution in [-0.4, -0.2) is 36.2 Å². The highest BCUT2D eigenvalue weighted by molar-refractivity contribution is 5.75. The summed E-state index contributed by atoms with van der Waals surface area (Å²) in [6.45, 7) is 12.3. The highest BCUT2D eigenvalue weighted by Gasteiger charge is 2.20. The molecule has 4 amide bonds. The normalized spacial score (nSPS) is 11.5. The number of rotatable bonds is 9. The monoisotopic (exact) mass is 313 g/mol. The molecule has 6 nitrogen and oxygen atoms in total. The second kappa shape index (κ2) is 10.3. The van der Waals surface area contributed by atoms with Crippen molar-refractivity contribution in [3.63, 3.8) is 0 Å². The van der Waals surface area contributed by atoms with Gasteiger partial charge in [-0.15, -0.1) is 0 Å². The Morgan fingerprint density at radius 1 is 0.955 bits per heavy atom. The maximum absolute atomic E-state index is 11.7. The lowest BCUT2D eigenvalue weighted by Crippen LogP contribution is -2.50. The zero-order valence-electron chi connectivity index (χ0n) is 14.9. The molecule has 0 heterocycles. The highest BCUT2D eigenvalue weighted by atomic mass is 16.2. The number of hydrogen-bond acceptors (Lipinski definition) is 2. The van der Waals surface area contributed by atoms with Crippen molar-refractivity contribution < 1.29 is 9.59 Å². The van der Waals surface area contributed by atoms with Crippen LogP contribution in [0.1, 0.15) is 60.8 Å². The van der Waals surface area contributed by atoms with Crippen molar-refractivity contribution in [3.05, 3.63) is 6.42 Å². The molecule has 1 radical (unpaired) electrons. The summed E-state index contributed by atoms with van der Waals surface area (Å²) in [5.74, 6) is 0. The fourth-order valence-electron chi connectivity index (χ4n) is 1.89. The summed E-state index contributed by atoms with van der Waals surface area (Å²) in [6, 6.07) is 0.00524. The third-order valence-electron chi connectivity index (χ3n) is 2.85. The molecule has 0 unspecified atom stereocenters. The van der Waals surface area contributed by atoms with Crippen LogP contribution in [0.15, 0.2) is 0 Å². The molecule has 4 N–H and O–H groups in total. The first-order valence-corrected chi connectivity index (χ1v) is 8.10. The molecule has 0 aromatic rings. The first-order valence-electron chi connectivity index (χ1n) is 8.10. The summed E-state index contributed by atoms with van der Waals surface area (Å²) in [7, 11) is 0. The molecule has 0 bridgehead atoms. The molecule has 0 rings (SSSR count). The number of unbranched alkanes of at least 4 members (excludes halogenated alkanes) is 2. The van der Waals surface area contributed by atoms with E-state index >= 15 is 0 Å². The van der Waals surface area contributed by atoms with E-state index in [-0.39, 0.29) is 29.7 Å². The molecule has 22 heavy (non-hydrogen) atoms. The first kappa shape index (κ1) is 20.5. The Hall–Kier alpha value is -1.46. The molecule has 0 aromatic heterocycles. The van der Waals surface area contributed by atoms with Gasteiger partial charge in [0.25, 0.3) is 0 Å². The quantitative estimate of drug-likeness (QED) is 0.493. The van der Waals surface area contributed by atoms with Crippen molar-refractivity contribution in [1.82, 2.24) is 21.3 Å². The van der Waals surface area contributed by atoms with E-state index in [0.29, 0.717) is 6.54 Å². The number of carbonyl (C=O) groups is 2. The Labute approximate surface area is 135 Å². The molecule has 0 atom stereocenters. The van der Waals surface area contributed by atoms with E-state index in [4.69, 9.17) is 0 Å². The van der Waals surface area contributed by atoms with Gasteiger partial charge in [0.05, 0.1) is 0 Å². The average Bonchev–Trinajstić information content (AvgIpc) is 2.30. The van der Waals surface area contributed by atoms with Crippen LogP contribution in [0.3, 0.4) is 0 Å². The topological polar surface area (TPSA) is 82.3 Å². The van der Waals surface area contributed by atoms with Gasteiger partial charge in [-0.25, -0.2) is 9.59 Å². The molecule has 6 heteroatoms. The van der Waals surface area contributed by atoms with Gasteiger partial charge in [-0.1, -0.05) is 6.42 Å². The smallest absolute Gasteiger partial charge is 0.315 e. The summed E-state index contributed by atoms with van der Waals surface area (Å²) in [5.41, 5.74) is -0.346. The molecule has 129 valence electrons. The molecule has 0 aliphatic carbocycles. The van der Waals surface area contributed by atoms with Crippen molar-refractivity contribution in [3.8, 4) is 0 Å². The summed E-state index contributed by atoms with van der Waals surface area (Å²) in [5, 5.41) is 11.4. The van der Waals surface area contributed by atoms with Gasteiger partial charge in [0.15, 0.2) is 0 Å². The fourth-order valence-corrected chi connectivity index (χ4v) is 1.89. The maximum atomic E-state index is 11.7. The van der Waals surface area contributed by atoms with Gasteiger partial charge < -0.3 is 21.3 Å². The Morgan fingerprint density at radius 2 is 1.50 bits per heavy atom. The molecule has 0 fully saturated rings. The summed E-state index contributed by atoms with van der Waals surface area (Å²) in [6.07, 6.45) is 4.87. The van der Waals surface area contributed by atoms with Gasteiger partial charge in [0.2, 0.25) is 0 Å². The lowest BCUT2D eigenvalue weighted by Gasteiger charge is -2.26. The Kier molecular flexibility index (Phi) is 9.61. The Balaban J connectivity index is 3.72. The second-order valence-corrected chi connectivity index (χ2v) is 6.73. The summed E-state index contributed by atoms with van der Waals surface area (Å²) < 4.78 is 0. The number of nitrogens with one attached hydrogen (secondary N) is 4. The standard InChI is InChI=1S/C16H33N4O2/c1-12(2)18-14(21)17-11-9-7-8-10-16(5,6)20-15(22)19-13(3)4/h10,12-13H,7-9,11H2,1-6H3,(H2,17,18,21)(H2,19,20,22). The molecule has 0 aliphatic heterocycles. The zero-order valence-corrected chi connectivity index (χ0v) is 14.9. The fraction of sp³-hybridized carbons (Fsp3) is 0.812. The first-order chi connectivity index (χ1) is 10.1. The van der Waals surface area contributed by atoms with Crippen molar-refractivity contribution in [2.45, 2.75) is 78.4 Å². The van der Waals surface area contributed by atoms with E-state index in [2.05, 4.69) is 27.7 Å². The van der Waals surface area contributed by atoms with E-state index in [9.17, 15) is 9.59 Å². The largest absolute Gasteiger partial charge is 0.338 e. The van der Waals surface area contributed by atoms with Gasteiger partial charge in [0.1, 0.15) is 0 Å². The van der Waals surface area contributed by atoms with Crippen molar-refractivity contribution in [2.75, 3.05) is 6.54 Å². The third-order valence-corrected chi connectivity index (χ3v) is 2.85. The van der Waals surface area contributed by atoms with Crippen LogP contribution in [0.4, 0.5) is 9.59 Å². The molecular weight excluding hydrogens is 280 g/mol. The molecule has 0 saturated heterocycles. The van der Waals surface area contributed by atoms with Crippen LogP contribution in [-0.2, 0) is 0 Å². The van der Waals surface area contributed by atoms with Gasteiger partial charge in [-0.05, 0) is 60.8 Å². The predicted molar refractivity (Wildman–Crippen MR) is 90.7 cm³/mol. The van der Waals surface area contributed by atoms with Crippen molar-refractivity contribution in [2.24, 2.45) is 0 Å². The number of carbonyl (C=O) groups excluding carboxylic acids is 2. The molecule has 0 spiro atoms. The van der Waals surface area contributed by atoms with Crippen LogP contribution < -0.4 is 21.3 Å². The van der Waals surface area contributed by atoms with Gasteiger partial charge in [-0.2, -0.15) is 0 Å². The minimum absolute atomic E-state index is 0.119. The van der Waals surface area contributed by atoms with Gasteiger partial charge in [0, 0.05) is 24.2 Å². The summed E-state index contributed by atoms with van der Waals surface area (Å²) >= 11 is 0. The minimum Gasteiger partial charge on any atom is -0.338 e. The van der Waals surface area contributed by atoms with Crippen LogP contribution in [0.2, 0.25) is 0 Å². The second-order valence-electron chi connectivity index (χ2n) is 6.73. The van der Waals surface area contributed by atoms with Crippen molar-refractivity contribution >= 4 is 12.1 Å². The number of amides is 4. The Morgan fingerprint density at radius 3 is 2.05 bits per heavy atom. The maximum Gasteiger partial charge on any atom is 0.315 e. The molecular formula is C16H33N4O2. The lowest BCUT2D eigenvalue weighted by molar-refractivity contribution is 0.230. The molecule has 0 aromatic carbocycles.